The van der Waals surface area contributed by atoms with Gasteiger partial charge >= 0.3 is 6.03 Å². The Balaban J connectivity index is 1.47. The number of amides is 4. The molecule has 0 spiro atoms. The van der Waals surface area contributed by atoms with Crippen molar-refractivity contribution in [2.45, 2.75) is 89.8 Å². The van der Waals surface area contributed by atoms with Gasteiger partial charge in [-0.2, -0.15) is 0 Å². The van der Waals surface area contributed by atoms with E-state index in [0.29, 0.717) is 5.92 Å². The smallest absolute Gasteiger partial charge is 0.325 e. The van der Waals surface area contributed by atoms with Crippen molar-refractivity contribution in [3.63, 3.8) is 0 Å². The minimum Gasteiger partial charge on any atom is -0.335 e. The van der Waals surface area contributed by atoms with Crippen LogP contribution in [0.3, 0.4) is 0 Å². The lowest BCUT2D eigenvalue weighted by molar-refractivity contribution is -0.141. The maximum Gasteiger partial charge on any atom is 0.325 e. The Morgan fingerprint density at radius 2 is 1.65 bits per heavy atom. The van der Waals surface area contributed by atoms with E-state index < -0.39 is 11.6 Å². The predicted octanol–water partition coefficient (Wildman–Crippen LogP) is 3.98. The fourth-order valence-corrected chi connectivity index (χ4v) is 5.13. The second-order valence-corrected chi connectivity index (χ2v) is 9.84. The van der Waals surface area contributed by atoms with E-state index in [4.69, 9.17) is 0 Å². The molecular weight excluding hydrogens is 390 g/mol. The van der Waals surface area contributed by atoms with Gasteiger partial charge in [0.15, 0.2) is 0 Å². The van der Waals surface area contributed by atoms with Gasteiger partial charge in [0.05, 0.1) is 0 Å². The van der Waals surface area contributed by atoms with Gasteiger partial charge in [0.2, 0.25) is 5.91 Å². The highest BCUT2D eigenvalue weighted by molar-refractivity contribution is 6.09. The molecule has 3 fully saturated rings. The first-order valence-electron chi connectivity index (χ1n) is 11.9. The van der Waals surface area contributed by atoms with E-state index in [0.717, 1.165) is 61.8 Å². The summed E-state index contributed by atoms with van der Waals surface area (Å²) in [5.41, 5.74) is 0.828. The number of nitrogens with zero attached hydrogens (tertiary/aromatic N) is 2. The first-order valence-corrected chi connectivity index (χ1v) is 11.9. The highest BCUT2D eigenvalue weighted by atomic mass is 16.2. The fourth-order valence-electron chi connectivity index (χ4n) is 5.13. The van der Waals surface area contributed by atoms with Gasteiger partial charge in [-0.3, -0.25) is 14.5 Å². The van der Waals surface area contributed by atoms with Crippen molar-refractivity contribution in [1.82, 2.24) is 15.1 Å². The van der Waals surface area contributed by atoms with E-state index in [1.54, 1.807) is 6.92 Å². The van der Waals surface area contributed by atoms with Crippen LogP contribution in [0.25, 0.3) is 0 Å². The van der Waals surface area contributed by atoms with Gasteiger partial charge in [0.1, 0.15) is 12.1 Å². The van der Waals surface area contributed by atoms with Gasteiger partial charge in [-0.05, 0) is 68.9 Å². The quantitative estimate of drug-likeness (QED) is 0.672. The van der Waals surface area contributed by atoms with E-state index in [9.17, 15) is 14.4 Å². The SMILES string of the molecule is CCCc1ccc(C2(C)NC(=O)N(CC(=O)N(C3CCC(C)CC3)C3CC3)C2=O)cc1. The Morgan fingerprint density at radius 1 is 1.06 bits per heavy atom. The van der Waals surface area contributed by atoms with Crippen LogP contribution in [0.4, 0.5) is 4.79 Å². The molecule has 2 aliphatic carbocycles. The minimum atomic E-state index is -1.13. The molecule has 1 unspecified atom stereocenters. The van der Waals surface area contributed by atoms with Crippen molar-refractivity contribution in [2.24, 2.45) is 5.92 Å². The number of nitrogens with one attached hydrogen (secondary N) is 1. The van der Waals surface area contributed by atoms with Crippen molar-refractivity contribution in [2.75, 3.05) is 6.54 Å². The summed E-state index contributed by atoms with van der Waals surface area (Å²) in [6.07, 6.45) is 8.40. The summed E-state index contributed by atoms with van der Waals surface area (Å²) in [6, 6.07) is 7.89. The number of carbonyl (C=O) groups excluding carboxylic acids is 3. The lowest BCUT2D eigenvalue weighted by Gasteiger charge is -2.37. The Labute approximate surface area is 185 Å². The fraction of sp³-hybridized carbons (Fsp3) is 0.640. The Morgan fingerprint density at radius 3 is 2.19 bits per heavy atom. The minimum absolute atomic E-state index is 0.0897. The zero-order valence-electron chi connectivity index (χ0n) is 19.0. The molecule has 168 valence electrons. The standard InChI is InChI=1S/C25H35N3O3/c1-4-5-18-8-10-19(11-9-18)25(3)23(30)27(24(31)26-25)16-22(29)28(21-14-15-21)20-12-6-17(2)7-13-20/h8-11,17,20-21H,4-7,12-16H2,1-3H3,(H,26,31). The first-order chi connectivity index (χ1) is 14.8. The third-order valence-corrected chi connectivity index (χ3v) is 7.25. The van der Waals surface area contributed by atoms with E-state index >= 15 is 0 Å². The van der Waals surface area contributed by atoms with E-state index in [1.165, 1.54) is 5.56 Å². The average Bonchev–Trinajstić information content (AvgIpc) is 3.55. The van der Waals surface area contributed by atoms with E-state index in [-0.39, 0.29) is 30.4 Å². The molecule has 1 N–H and O–H groups in total. The monoisotopic (exact) mass is 425 g/mol. The van der Waals surface area contributed by atoms with Crippen LogP contribution < -0.4 is 5.32 Å². The summed E-state index contributed by atoms with van der Waals surface area (Å²) in [4.78, 5) is 42.4. The van der Waals surface area contributed by atoms with Gasteiger partial charge < -0.3 is 10.2 Å². The molecule has 6 heteroatoms. The van der Waals surface area contributed by atoms with Gasteiger partial charge in [-0.1, -0.05) is 44.5 Å². The first kappa shape index (κ1) is 21.8. The number of urea groups is 1. The van der Waals surface area contributed by atoms with Crippen LogP contribution in [0.5, 0.6) is 0 Å². The molecule has 0 bridgehead atoms. The second-order valence-electron chi connectivity index (χ2n) is 9.84. The van der Waals surface area contributed by atoms with Crippen LogP contribution in [0, 0.1) is 5.92 Å². The number of aryl methyl sites for hydroxylation is 1. The molecule has 1 aliphatic heterocycles. The third-order valence-electron chi connectivity index (χ3n) is 7.25. The number of carbonyl (C=O) groups is 3. The Kier molecular flexibility index (Phi) is 6.09. The lowest BCUT2D eigenvalue weighted by Crippen LogP contribution is -2.49. The molecule has 3 aliphatic rings. The maximum absolute atomic E-state index is 13.3. The summed E-state index contributed by atoms with van der Waals surface area (Å²) >= 11 is 0. The predicted molar refractivity (Wildman–Crippen MR) is 119 cm³/mol. The summed E-state index contributed by atoms with van der Waals surface area (Å²) in [5.74, 6) is 0.276. The van der Waals surface area contributed by atoms with E-state index in [1.807, 2.05) is 29.2 Å². The van der Waals surface area contributed by atoms with Crippen molar-refractivity contribution in [3.05, 3.63) is 35.4 Å². The van der Waals surface area contributed by atoms with Crippen LogP contribution >= 0.6 is 0 Å². The Hall–Kier alpha value is -2.37. The molecule has 4 rings (SSSR count). The van der Waals surface area contributed by atoms with Crippen LogP contribution in [0.15, 0.2) is 24.3 Å². The lowest BCUT2D eigenvalue weighted by atomic mass is 9.86. The highest BCUT2D eigenvalue weighted by Gasteiger charge is 2.50. The number of imide groups is 1. The topological polar surface area (TPSA) is 69.7 Å². The highest BCUT2D eigenvalue weighted by Crippen LogP contribution is 2.36. The molecule has 2 saturated carbocycles. The summed E-state index contributed by atoms with van der Waals surface area (Å²) < 4.78 is 0. The number of benzene rings is 1. The zero-order valence-corrected chi connectivity index (χ0v) is 19.0. The third kappa shape index (κ3) is 4.35. The second kappa shape index (κ2) is 8.64. The van der Waals surface area contributed by atoms with Crippen LogP contribution in [-0.2, 0) is 21.5 Å². The van der Waals surface area contributed by atoms with Gasteiger partial charge in [0.25, 0.3) is 5.91 Å². The van der Waals surface area contributed by atoms with Gasteiger partial charge in [0, 0.05) is 12.1 Å². The normalized spacial score (nSPS) is 28.5. The van der Waals surface area contributed by atoms with Gasteiger partial charge in [-0.25, -0.2) is 4.79 Å². The van der Waals surface area contributed by atoms with Crippen molar-refractivity contribution < 1.29 is 14.4 Å². The molecule has 1 aromatic carbocycles. The maximum atomic E-state index is 13.3. The summed E-state index contributed by atoms with van der Waals surface area (Å²) in [5, 5.41) is 2.84. The van der Waals surface area contributed by atoms with Crippen LogP contribution in [0.2, 0.25) is 0 Å². The van der Waals surface area contributed by atoms with Crippen molar-refractivity contribution >= 4 is 17.8 Å². The number of hydrogen-bond acceptors (Lipinski definition) is 3. The summed E-state index contributed by atoms with van der Waals surface area (Å²) in [6.45, 7) is 5.95. The van der Waals surface area contributed by atoms with Crippen molar-refractivity contribution in [1.29, 1.82) is 0 Å². The molecule has 1 atom stereocenters. The molecular formula is C25H35N3O3. The summed E-state index contributed by atoms with van der Waals surface area (Å²) in [7, 11) is 0. The average molecular weight is 426 g/mol. The molecule has 0 aromatic heterocycles. The number of hydrogen-bond donors (Lipinski definition) is 1. The molecule has 31 heavy (non-hydrogen) atoms. The largest absolute Gasteiger partial charge is 0.335 e. The molecule has 6 nitrogen and oxygen atoms in total. The molecule has 1 saturated heterocycles. The van der Waals surface area contributed by atoms with Crippen molar-refractivity contribution in [3.8, 4) is 0 Å². The van der Waals surface area contributed by atoms with Crippen LogP contribution in [0.1, 0.15) is 76.8 Å². The van der Waals surface area contributed by atoms with Gasteiger partial charge in [-0.15, -0.1) is 0 Å². The van der Waals surface area contributed by atoms with Crippen LogP contribution in [-0.4, -0.2) is 46.3 Å². The zero-order chi connectivity index (χ0) is 22.2. The molecule has 1 heterocycles. The molecule has 0 radical (unpaired) electrons. The van der Waals surface area contributed by atoms with E-state index in [2.05, 4.69) is 19.2 Å². The molecule has 1 aromatic rings. The Bertz CT molecular complexity index is 840. The molecule has 4 amide bonds. The number of rotatable bonds is 7.